The number of hydrogen-bond donors (Lipinski definition) is 1. The first-order valence-corrected chi connectivity index (χ1v) is 6.77. The van der Waals surface area contributed by atoms with Crippen molar-refractivity contribution in [2.45, 2.75) is 38.5 Å². The van der Waals surface area contributed by atoms with Crippen LogP contribution in [0.15, 0.2) is 24.3 Å². The van der Waals surface area contributed by atoms with E-state index in [4.69, 9.17) is 10.5 Å². The van der Waals surface area contributed by atoms with Crippen LogP contribution in [-0.4, -0.2) is 37.2 Å². The molecule has 0 bridgehead atoms. The second kappa shape index (κ2) is 6.32. The summed E-state index contributed by atoms with van der Waals surface area (Å²) in [6, 6.07) is 8.56. The molecule has 1 aliphatic rings. The van der Waals surface area contributed by atoms with Crippen LogP contribution in [0.1, 0.15) is 24.0 Å². The molecule has 0 amide bonds. The Bertz CT molecular complexity index is 381. The molecule has 2 N–H and O–H groups in total. The molecule has 1 heterocycles. The normalized spacial score (nSPS) is 23.8. The molecule has 2 rings (SSSR count). The minimum Gasteiger partial charge on any atom is -0.372 e. The summed E-state index contributed by atoms with van der Waals surface area (Å²) in [6.45, 7) is 4.79. The van der Waals surface area contributed by atoms with Crippen molar-refractivity contribution in [3.63, 3.8) is 0 Å². The lowest BCUT2D eigenvalue weighted by molar-refractivity contribution is 0.0306. The predicted octanol–water partition coefficient (Wildman–Crippen LogP) is 1.93. The van der Waals surface area contributed by atoms with Gasteiger partial charge in [0.25, 0.3) is 0 Å². The van der Waals surface area contributed by atoms with Gasteiger partial charge in [-0.25, -0.2) is 0 Å². The fraction of sp³-hybridized carbons (Fsp3) is 0.600. The Labute approximate surface area is 110 Å². The molecule has 18 heavy (non-hydrogen) atoms. The van der Waals surface area contributed by atoms with Gasteiger partial charge in [0, 0.05) is 19.6 Å². The van der Waals surface area contributed by atoms with Crippen LogP contribution in [0, 0.1) is 6.92 Å². The van der Waals surface area contributed by atoms with E-state index >= 15 is 0 Å². The lowest BCUT2D eigenvalue weighted by Gasteiger charge is -2.22. The standard InChI is InChI=1S/C15H24N2O/c1-12-5-3-4-6-13(12)10-17(2)11-15-8-7-14(9-16)18-15/h3-6,14-15H,7-11,16H2,1-2H3. The Hall–Kier alpha value is -0.900. The fourth-order valence-electron chi connectivity index (χ4n) is 2.58. The molecule has 1 aromatic carbocycles. The van der Waals surface area contributed by atoms with Crippen molar-refractivity contribution in [2.24, 2.45) is 5.73 Å². The van der Waals surface area contributed by atoms with Crippen LogP contribution in [-0.2, 0) is 11.3 Å². The third-order valence-corrected chi connectivity index (χ3v) is 3.68. The Kier molecular flexibility index (Phi) is 4.75. The van der Waals surface area contributed by atoms with Crippen molar-refractivity contribution >= 4 is 0 Å². The molecule has 3 heteroatoms. The summed E-state index contributed by atoms with van der Waals surface area (Å²) >= 11 is 0. The maximum atomic E-state index is 5.88. The van der Waals surface area contributed by atoms with Crippen molar-refractivity contribution in [1.29, 1.82) is 0 Å². The molecule has 0 aliphatic carbocycles. The smallest absolute Gasteiger partial charge is 0.0707 e. The minimum absolute atomic E-state index is 0.280. The number of nitrogens with two attached hydrogens (primary N) is 1. The molecule has 0 spiro atoms. The molecule has 3 nitrogen and oxygen atoms in total. The molecule has 2 unspecified atom stereocenters. The van der Waals surface area contributed by atoms with Crippen LogP contribution in [0.4, 0.5) is 0 Å². The van der Waals surface area contributed by atoms with Gasteiger partial charge in [0.2, 0.25) is 0 Å². The van der Waals surface area contributed by atoms with E-state index in [2.05, 4.69) is 43.1 Å². The van der Waals surface area contributed by atoms with E-state index in [-0.39, 0.29) is 6.10 Å². The van der Waals surface area contributed by atoms with Crippen LogP contribution >= 0.6 is 0 Å². The highest BCUT2D eigenvalue weighted by molar-refractivity contribution is 5.25. The molecule has 1 aromatic rings. The van der Waals surface area contributed by atoms with E-state index in [1.807, 2.05) is 0 Å². The van der Waals surface area contributed by atoms with E-state index < -0.39 is 0 Å². The SMILES string of the molecule is Cc1ccccc1CN(C)CC1CCC(CN)O1. The third kappa shape index (κ3) is 3.55. The van der Waals surface area contributed by atoms with Gasteiger partial charge in [0.15, 0.2) is 0 Å². The zero-order valence-corrected chi connectivity index (χ0v) is 11.4. The number of rotatable bonds is 5. The molecule has 0 aromatic heterocycles. The van der Waals surface area contributed by atoms with Crippen molar-refractivity contribution in [3.8, 4) is 0 Å². The van der Waals surface area contributed by atoms with Crippen molar-refractivity contribution < 1.29 is 4.74 Å². The number of aryl methyl sites for hydroxylation is 1. The summed E-state index contributed by atoms with van der Waals surface area (Å²) in [5.74, 6) is 0. The van der Waals surface area contributed by atoms with Crippen LogP contribution in [0.2, 0.25) is 0 Å². The van der Waals surface area contributed by atoms with E-state index in [1.54, 1.807) is 0 Å². The summed E-state index contributed by atoms with van der Waals surface area (Å²) in [7, 11) is 2.16. The minimum atomic E-state index is 0.280. The zero-order valence-electron chi connectivity index (χ0n) is 11.4. The highest BCUT2D eigenvalue weighted by Gasteiger charge is 2.24. The first-order chi connectivity index (χ1) is 8.69. The first-order valence-electron chi connectivity index (χ1n) is 6.77. The fourth-order valence-corrected chi connectivity index (χ4v) is 2.58. The molecule has 1 aliphatic heterocycles. The van der Waals surface area contributed by atoms with Gasteiger partial charge in [-0.1, -0.05) is 24.3 Å². The Morgan fingerprint density at radius 2 is 2.00 bits per heavy atom. The van der Waals surface area contributed by atoms with Crippen molar-refractivity contribution in [3.05, 3.63) is 35.4 Å². The number of hydrogen-bond acceptors (Lipinski definition) is 3. The van der Waals surface area contributed by atoms with Crippen LogP contribution in [0.3, 0.4) is 0 Å². The maximum absolute atomic E-state index is 5.88. The number of benzene rings is 1. The van der Waals surface area contributed by atoms with Gasteiger partial charge >= 0.3 is 0 Å². The Balaban J connectivity index is 1.82. The highest BCUT2D eigenvalue weighted by Crippen LogP contribution is 2.20. The summed E-state index contributed by atoms with van der Waals surface area (Å²) in [6.07, 6.45) is 2.88. The summed E-state index contributed by atoms with van der Waals surface area (Å²) in [5.41, 5.74) is 8.39. The highest BCUT2D eigenvalue weighted by atomic mass is 16.5. The second-order valence-electron chi connectivity index (χ2n) is 5.32. The average molecular weight is 248 g/mol. The predicted molar refractivity (Wildman–Crippen MR) is 74.5 cm³/mol. The number of likely N-dealkylation sites (N-methyl/N-ethyl adjacent to an activating group) is 1. The largest absolute Gasteiger partial charge is 0.372 e. The molecule has 0 radical (unpaired) electrons. The van der Waals surface area contributed by atoms with Gasteiger partial charge < -0.3 is 10.5 Å². The lowest BCUT2D eigenvalue weighted by atomic mass is 10.1. The van der Waals surface area contributed by atoms with E-state index in [1.165, 1.54) is 11.1 Å². The van der Waals surface area contributed by atoms with E-state index in [9.17, 15) is 0 Å². The second-order valence-corrected chi connectivity index (χ2v) is 5.32. The van der Waals surface area contributed by atoms with Crippen molar-refractivity contribution in [2.75, 3.05) is 20.1 Å². The van der Waals surface area contributed by atoms with Crippen molar-refractivity contribution in [1.82, 2.24) is 4.90 Å². The summed E-state index contributed by atoms with van der Waals surface area (Å²) < 4.78 is 5.88. The number of nitrogens with zero attached hydrogens (tertiary/aromatic N) is 1. The first kappa shape index (κ1) is 13.5. The monoisotopic (exact) mass is 248 g/mol. The van der Waals surface area contributed by atoms with Gasteiger partial charge in [-0.15, -0.1) is 0 Å². The maximum Gasteiger partial charge on any atom is 0.0707 e. The number of ether oxygens (including phenoxy) is 1. The Morgan fingerprint density at radius 1 is 1.28 bits per heavy atom. The van der Waals surface area contributed by atoms with Gasteiger partial charge in [-0.2, -0.15) is 0 Å². The summed E-state index contributed by atoms with van der Waals surface area (Å²) in [5, 5.41) is 0. The Morgan fingerprint density at radius 3 is 2.67 bits per heavy atom. The molecule has 0 saturated carbocycles. The molecular weight excluding hydrogens is 224 g/mol. The molecule has 1 fully saturated rings. The summed E-state index contributed by atoms with van der Waals surface area (Å²) in [4.78, 5) is 2.34. The van der Waals surface area contributed by atoms with E-state index in [0.717, 1.165) is 25.9 Å². The quantitative estimate of drug-likeness (QED) is 0.865. The zero-order chi connectivity index (χ0) is 13.0. The average Bonchev–Trinajstić information content (AvgIpc) is 2.80. The van der Waals surface area contributed by atoms with Gasteiger partial charge in [0.05, 0.1) is 12.2 Å². The third-order valence-electron chi connectivity index (χ3n) is 3.68. The molecular formula is C15H24N2O. The van der Waals surface area contributed by atoms with Gasteiger partial charge in [0.1, 0.15) is 0 Å². The van der Waals surface area contributed by atoms with Crippen LogP contribution in [0.5, 0.6) is 0 Å². The van der Waals surface area contributed by atoms with Crippen LogP contribution in [0.25, 0.3) is 0 Å². The van der Waals surface area contributed by atoms with E-state index in [0.29, 0.717) is 12.6 Å². The topological polar surface area (TPSA) is 38.5 Å². The molecule has 100 valence electrons. The van der Waals surface area contributed by atoms with Crippen LogP contribution < -0.4 is 5.73 Å². The molecule has 2 atom stereocenters. The molecule has 1 saturated heterocycles. The lowest BCUT2D eigenvalue weighted by Crippen LogP contribution is -2.30. The van der Waals surface area contributed by atoms with Gasteiger partial charge in [-0.3, -0.25) is 4.90 Å². The van der Waals surface area contributed by atoms with Gasteiger partial charge in [-0.05, 0) is 37.9 Å².